The Morgan fingerprint density at radius 1 is 1.00 bits per heavy atom. The summed E-state index contributed by atoms with van der Waals surface area (Å²) in [7, 11) is 0. The maximum Gasteiger partial charge on any atom is 0.251 e. The van der Waals surface area contributed by atoms with Gasteiger partial charge in [0.25, 0.3) is 5.91 Å². The van der Waals surface area contributed by atoms with E-state index in [1.807, 2.05) is 29.0 Å². The molecule has 0 spiro atoms. The Labute approximate surface area is 199 Å². The van der Waals surface area contributed by atoms with Crippen LogP contribution in [0.1, 0.15) is 21.5 Å². The number of carbonyl (C=O) groups excluding carboxylic acids is 1. The van der Waals surface area contributed by atoms with Gasteiger partial charge >= 0.3 is 0 Å². The molecule has 0 fully saturated rings. The van der Waals surface area contributed by atoms with Gasteiger partial charge in [-0.25, -0.2) is 13.8 Å². The first-order valence-electron chi connectivity index (χ1n) is 10.9. The maximum absolute atomic E-state index is 13.4. The smallest absolute Gasteiger partial charge is 0.251 e. The van der Waals surface area contributed by atoms with Crippen molar-refractivity contribution in [2.24, 2.45) is 0 Å². The van der Waals surface area contributed by atoms with Crippen molar-refractivity contribution in [3.63, 3.8) is 0 Å². The van der Waals surface area contributed by atoms with Gasteiger partial charge in [-0.15, -0.1) is 0 Å². The number of imidazole rings is 1. The van der Waals surface area contributed by atoms with Gasteiger partial charge in [-0.05, 0) is 61.0 Å². The van der Waals surface area contributed by atoms with E-state index in [0.29, 0.717) is 28.2 Å². The van der Waals surface area contributed by atoms with E-state index in [2.05, 4.69) is 15.3 Å². The van der Waals surface area contributed by atoms with Crippen LogP contribution in [0.4, 0.5) is 8.78 Å². The predicted octanol–water partition coefficient (Wildman–Crippen LogP) is 5.73. The summed E-state index contributed by atoms with van der Waals surface area (Å²) in [4.78, 5) is 21.3. The fourth-order valence-electron chi connectivity index (χ4n) is 3.85. The second-order valence-corrected chi connectivity index (χ2v) is 7.97. The Morgan fingerprint density at radius 2 is 1.83 bits per heavy atom. The highest BCUT2D eigenvalue weighted by Gasteiger charge is 2.15. The van der Waals surface area contributed by atoms with E-state index in [1.165, 1.54) is 12.1 Å². The molecule has 0 saturated carbocycles. The molecule has 2 heterocycles. The summed E-state index contributed by atoms with van der Waals surface area (Å²) in [5, 5.41) is 3.52. The molecule has 2 aromatic heterocycles. The molecule has 3 aromatic carbocycles. The van der Waals surface area contributed by atoms with Crippen LogP contribution in [-0.2, 0) is 6.54 Å². The number of nitrogens with one attached hydrogen (secondary N) is 1. The van der Waals surface area contributed by atoms with Crippen LogP contribution in [0.15, 0.2) is 85.6 Å². The van der Waals surface area contributed by atoms with E-state index in [1.54, 1.807) is 49.9 Å². The molecule has 0 bridgehead atoms. The number of pyridine rings is 1. The van der Waals surface area contributed by atoms with Crippen LogP contribution in [0.2, 0.25) is 0 Å². The summed E-state index contributed by atoms with van der Waals surface area (Å²) >= 11 is 0. The van der Waals surface area contributed by atoms with Gasteiger partial charge < -0.3 is 14.6 Å². The fraction of sp³-hybridized carbons (Fsp3) is 0.0741. The minimum Gasteiger partial charge on any atom is -0.456 e. The molecule has 174 valence electrons. The van der Waals surface area contributed by atoms with Gasteiger partial charge in [-0.2, -0.15) is 0 Å². The van der Waals surface area contributed by atoms with Crippen molar-refractivity contribution in [2.75, 3.05) is 0 Å². The quantitative estimate of drug-likeness (QED) is 0.344. The van der Waals surface area contributed by atoms with Crippen LogP contribution < -0.4 is 10.1 Å². The highest BCUT2D eigenvalue weighted by molar-refractivity contribution is 5.96. The number of hydrogen-bond acceptors (Lipinski definition) is 4. The molecule has 0 radical (unpaired) electrons. The van der Waals surface area contributed by atoms with E-state index in [0.717, 1.165) is 22.7 Å². The zero-order chi connectivity index (χ0) is 24.4. The van der Waals surface area contributed by atoms with Crippen molar-refractivity contribution in [3.05, 3.63) is 114 Å². The van der Waals surface area contributed by atoms with Crippen molar-refractivity contribution >= 4 is 16.8 Å². The van der Waals surface area contributed by atoms with Gasteiger partial charge in [0.1, 0.15) is 23.1 Å². The Balaban J connectivity index is 1.38. The lowest BCUT2D eigenvalue weighted by molar-refractivity contribution is 0.0950. The molecule has 35 heavy (non-hydrogen) atoms. The first kappa shape index (κ1) is 22.2. The number of fused-ring (bicyclic) bond motifs is 1. The maximum atomic E-state index is 13.4. The summed E-state index contributed by atoms with van der Waals surface area (Å²) in [5.41, 5.74) is 3.05. The molecular weight excluding hydrogens is 450 g/mol. The molecule has 1 amide bonds. The van der Waals surface area contributed by atoms with E-state index in [-0.39, 0.29) is 12.5 Å². The van der Waals surface area contributed by atoms with Crippen molar-refractivity contribution in [3.8, 4) is 17.2 Å². The Bertz CT molecular complexity index is 1510. The number of hydrogen-bond donors (Lipinski definition) is 1. The first-order valence-corrected chi connectivity index (χ1v) is 10.9. The second kappa shape index (κ2) is 9.34. The van der Waals surface area contributed by atoms with Crippen molar-refractivity contribution in [1.29, 1.82) is 0 Å². The first-order chi connectivity index (χ1) is 17.0. The molecular formula is C27H20F2N4O2. The molecule has 8 heteroatoms. The number of benzene rings is 3. The van der Waals surface area contributed by atoms with Crippen LogP contribution in [0.5, 0.6) is 11.5 Å². The monoisotopic (exact) mass is 470 g/mol. The molecule has 1 N–H and O–H groups in total. The van der Waals surface area contributed by atoms with E-state index in [9.17, 15) is 13.6 Å². The Hall–Kier alpha value is -4.59. The standard InChI is InChI=1S/C27H20F2N4O2/c1-17-22(27(34)32-15-18-11-19(28)13-20(29)12-18)3-2-4-25(17)35-26-7-8-31-24-14-21(5-6-23(24)26)33-10-9-30-16-33/h2-14,16H,15H2,1H3,(H,32,34). The van der Waals surface area contributed by atoms with Crippen LogP contribution in [0.25, 0.3) is 16.6 Å². The minimum absolute atomic E-state index is 0.00766. The Morgan fingerprint density at radius 3 is 2.60 bits per heavy atom. The minimum atomic E-state index is -0.692. The number of nitrogens with zero attached hydrogens (tertiary/aromatic N) is 3. The third kappa shape index (κ3) is 4.72. The molecule has 0 aliphatic heterocycles. The third-order valence-electron chi connectivity index (χ3n) is 5.61. The molecule has 6 nitrogen and oxygen atoms in total. The topological polar surface area (TPSA) is 69.0 Å². The molecule has 5 aromatic rings. The van der Waals surface area contributed by atoms with Crippen molar-refractivity contribution in [2.45, 2.75) is 13.5 Å². The summed E-state index contributed by atoms with van der Waals surface area (Å²) in [6.45, 7) is 1.78. The van der Waals surface area contributed by atoms with E-state index >= 15 is 0 Å². The van der Waals surface area contributed by atoms with E-state index < -0.39 is 11.6 Å². The molecule has 0 unspecified atom stereocenters. The number of halogens is 2. The average molecular weight is 470 g/mol. The average Bonchev–Trinajstić information content (AvgIpc) is 3.38. The van der Waals surface area contributed by atoms with Gasteiger partial charge in [0.2, 0.25) is 0 Å². The van der Waals surface area contributed by atoms with E-state index in [4.69, 9.17) is 4.74 Å². The number of amides is 1. The summed E-state index contributed by atoms with van der Waals surface area (Å²) in [5.74, 6) is -0.643. The summed E-state index contributed by atoms with van der Waals surface area (Å²) in [6, 6.07) is 15.9. The predicted molar refractivity (Wildman–Crippen MR) is 128 cm³/mol. The van der Waals surface area contributed by atoms with Gasteiger partial charge in [0.05, 0.1) is 11.8 Å². The van der Waals surface area contributed by atoms with Crippen molar-refractivity contribution in [1.82, 2.24) is 19.9 Å². The highest BCUT2D eigenvalue weighted by Crippen LogP contribution is 2.32. The van der Waals surface area contributed by atoms with Gasteiger partial charge in [0.15, 0.2) is 0 Å². The lowest BCUT2D eigenvalue weighted by atomic mass is 10.1. The normalized spacial score (nSPS) is 10.9. The highest BCUT2D eigenvalue weighted by atomic mass is 19.1. The zero-order valence-electron chi connectivity index (χ0n) is 18.7. The van der Waals surface area contributed by atoms with Gasteiger partial charge in [-0.3, -0.25) is 9.78 Å². The number of aromatic nitrogens is 3. The third-order valence-corrected chi connectivity index (χ3v) is 5.61. The largest absolute Gasteiger partial charge is 0.456 e. The second-order valence-electron chi connectivity index (χ2n) is 7.97. The van der Waals surface area contributed by atoms with Gasteiger partial charge in [0, 0.05) is 53.4 Å². The van der Waals surface area contributed by atoms with Crippen LogP contribution in [0, 0.1) is 18.6 Å². The Kier molecular flexibility index (Phi) is 5.93. The SMILES string of the molecule is Cc1c(Oc2ccnc3cc(-n4ccnc4)ccc23)cccc1C(=O)NCc1cc(F)cc(F)c1. The zero-order valence-corrected chi connectivity index (χ0v) is 18.7. The number of rotatable bonds is 6. The van der Waals surface area contributed by atoms with Crippen molar-refractivity contribution < 1.29 is 18.3 Å². The lowest BCUT2D eigenvalue weighted by Gasteiger charge is -2.14. The molecule has 0 atom stereocenters. The molecule has 0 saturated heterocycles. The number of carbonyl (C=O) groups is 1. The summed E-state index contributed by atoms with van der Waals surface area (Å²) in [6.07, 6.45) is 6.94. The number of ether oxygens (including phenoxy) is 1. The van der Waals surface area contributed by atoms with Gasteiger partial charge in [-0.1, -0.05) is 6.07 Å². The summed E-state index contributed by atoms with van der Waals surface area (Å²) < 4.78 is 34.9. The van der Waals surface area contributed by atoms with Crippen LogP contribution in [0.3, 0.4) is 0 Å². The van der Waals surface area contributed by atoms with Crippen LogP contribution in [-0.4, -0.2) is 20.4 Å². The molecule has 0 aliphatic carbocycles. The van der Waals surface area contributed by atoms with Crippen LogP contribution >= 0.6 is 0 Å². The molecule has 5 rings (SSSR count). The lowest BCUT2D eigenvalue weighted by Crippen LogP contribution is -2.23. The molecule has 0 aliphatic rings. The fourth-order valence-corrected chi connectivity index (χ4v) is 3.85.